The van der Waals surface area contributed by atoms with Gasteiger partial charge in [-0.2, -0.15) is 5.10 Å². The molecule has 2 amide bonds. The fourth-order valence-electron chi connectivity index (χ4n) is 4.49. The second-order valence-electron chi connectivity index (χ2n) is 9.11. The Labute approximate surface area is 213 Å². The quantitative estimate of drug-likeness (QED) is 0.447. The van der Waals surface area contributed by atoms with Crippen LogP contribution < -0.4 is 15.5 Å². The Morgan fingerprint density at radius 1 is 1.22 bits per heavy atom. The summed E-state index contributed by atoms with van der Waals surface area (Å²) in [6.07, 6.45) is 1.48. The SMILES string of the molecule is CNC(=O)c1cc(Cl)c(F)cc1NC(=O)C1(c2ccccc2C(C)C)CN(c2cc(CO)cnn2)C1. The van der Waals surface area contributed by atoms with Gasteiger partial charge in [0, 0.05) is 25.7 Å². The van der Waals surface area contributed by atoms with E-state index in [1.54, 1.807) is 6.07 Å². The van der Waals surface area contributed by atoms with Gasteiger partial charge in [0.25, 0.3) is 5.91 Å². The van der Waals surface area contributed by atoms with E-state index in [0.717, 1.165) is 17.2 Å². The molecule has 0 aliphatic carbocycles. The highest BCUT2D eigenvalue weighted by molar-refractivity contribution is 6.31. The smallest absolute Gasteiger partial charge is 0.253 e. The number of rotatable bonds is 7. The summed E-state index contributed by atoms with van der Waals surface area (Å²) in [6.45, 7) is 4.47. The molecule has 0 bridgehead atoms. The zero-order chi connectivity index (χ0) is 26.0. The maximum absolute atomic E-state index is 14.4. The molecule has 0 unspecified atom stereocenters. The van der Waals surface area contributed by atoms with Crippen LogP contribution in [-0.2, 0) is 16.8 Å². The van der Waals surface area contributed by atoms with Gasteiger partial charge in [0.05, 0.1) is 29.1 Å². The number of hydrogen-bond acceptors (Lipinski definition) is 6. The van der Waals surface area contributed by atoms with Gasteiger partial charge in [0.1, 0.15) is 11.2 Å². The average Bonchev–Trinajstić information content (AvgIpc) is 2.85. The topological polar surface area (TPSA) is 107 Å². The fraction of sp³-hybridized carbons (Fsp3) is 0.308. The molecule has 1 aliphatic heterocycles. The molecule has 1 fully saturated rings. The minimum absolute atomic E-state index is 0.0307. The zero-order valence-electron chi connectivity index (χ0n) is 20.2. The molecule has 8 nitrogen and oxygen atoms in total. The van der Waals surface area contributed by atoms with Crippen LogP contribution in [0.3, 0.4) is 0 Å². The Hall–Kier alpha value is -3.56. The number of aromatic nitrogens is 2. The zero-order valence-corrected chi connectivity index (χ0v) is 20.9. The largest absolute Gasteiger partial charge is 0.392 e. The number of anilines is 2. The van der Waals surface area contributed by atoms with Crippen molar-refractivity contribution in [1.82, 2.24) is 15.5 Å². The third kappa shape index (κ3) is 4.64. The van der Waals surface area contributed by atoms with Crippen molar-refractivity contribution < 1.29 is 19.1 Å². The molecule has 1 aliphatic rings. The number of halogens is 2. The first-order valence-corrected chi connectivity index (χ1v) is 11.9. The first-order valence-electron chi connectivity index (χ1n) is 11.5. The Bertz CT molecular complexity index is 1310. The van der Waals surface area contributed by atoms with Crippen LogP contribution in [-0.4, -0.2) is 47.3 Å². The molecular formula is C26H27ClFN5O3. The van der Waals surface area contributed by atoms with Crippen LogP contribution in [0.1, 0.15) is 46.8 Å². The maximum atomic E-state index is 14.4. The summed E-state index contributed by atoms with van der Waals surface area (Å²) < 4.78 is 14.4. The molecule has 0 spiro atoms. The number of nitrogens with one attached hydrogen (secondary N) is 2. The number of amides is 2. The molecule has 36 heavy (non-hydrogen) atoms. The standard InChI is InChI=1S/C26H27ClFN5O3/c1-15(2)17-6-4-5-7-19(17)26(13-33(14-26)23-8-16(12-34)11-30-32-23)25(36)31-22-10-21(28)20(27)9-18(22)24(35)29-3/h4-11,15,34H,12-14H2,1-3H3,(H,29,35)(H,31,36). The van der Waals surface area contributed by atoms with Gasteiger partial charge < -0.3 is 20.6 Å². The summed E-state index contributed by atoms with van der Waals surface area (Å²) in [4.78, 5) is 28.3. The molecule has 188 valence electrons. The van der Waals surface area contributed by atoms with Crippen LogP contribution in [0.25, 0.3) is 0 Å². The number of carbonyl (C=O) groups is 2. The normalized spacial score (nSPS) is 14.4. The first kappa shape index (κ1) is 25.5. The second kappa shape index (κ2) is 10.2. The highest BCUT2D eigenvalue weighted by Crippen LogP contribution is 2.42. The third-order valence-corrected chi connectivity index (χ3v) is 6.73. The molecule has 0 saturated carbocycles. The van der Waals surface area contributed by atoms with Crippen LogP contribution in [0.15, 0.2) is 48.7 Å². The Morgan fingerprint density at radius 2 is 1.94 bits per heavy atom. The van der Waals surface area contributed by atoms with Gasteiger partial charge >= 0.3 is 0 Å². The van der Waals surface area contributed by atoms with Crippen molar-refractivity contribution in [3.05, 3.63) is 81.8 Å². The van der Waals surface area contributed by atoms with Crippen molar-refractivity contribution >= 4 is 34.9 Å². The molecule has 2 heterocycles. The number of nitrogens with zero attached hydrogens (tertiary/aromatic N) is 3. The van der Waals surface area contributed by atoms with E-state index >= 15 is 0 Å². The van der Waals surface area contributed by atoms with Gasteiger partial charge in [-0.1, -0.05) is 49.7 Å². The van der Waals surface area contributed by atoms with Crippen molar-refractivity contribution in [2.45, 2.75) is 31.8 Å². The van der Waals surface area contributed by atoms with Gasteiger partial charge in [-0.05, 0) is 35.2 Å². The molecule has 2 aromatic carbocycles. The second-order valence-corrected chi connectivity index (χ2v) is 9.51. The third-order valence-electron chi connectivity index (χ3n) is 6.44. The molecule has 0 atom stereocenters. The molecule has 1 aromatic heterocycles. The van der Waals surface area contributed by atoms with E-state index < -0.39 is 17.1 Å². The Balaban J connectivity index is 1.75. The lowest BCUT2D eigenvalue weighted by Gasteiger charge is -2.50. The molecule has 10 heteroatoms. The van der Waals surface area contributed by atoms with Crippen molar-refractivity contribution in [3.8, 4) is 0 Å². The number of hydrogen-bond donors (Lipinski definition) is 3. The summed E-state index contributed by atoms with van der Waals surface area (Å²) >= 11 is 5.91. The summed E-state index contributed by atoms with van der Waals surface area (Å²) in [5.41, 5.74) is 1.54. The lowest BCUT2D eigenvalue weighted by atomic mass is 9.69. The van der Waals surface area contributed by atoms with Crippen molar-refractivity contribution in [3.63, 3.8) is 0 Å². The number of carbonyl (C=O) groups excluding carboxylic acids is 2. The summed E-state index contributed by atoms with van der Waals surface area (Å²) in [7, 11) is 1.44. The lowest BCUT2D eigenvalue weighted by Crippen LogP contribution is -2.66. The highest BCUT2D eigenvalue weighted by Gasteiger charge is 2.52. The molecule has 3 aromatic rings. The molecule has 4 rings (SSSR count). The van der Waals surface area contributed by atoms with E-state index in [-0.39, 0.29) is 47.8 Å². The van der Waals surface area contributed by atoms with Crippen molar-refractivity contribution in [1.29, 1.82) is 0 Å². The molecule has 3 N–H and O–H groups in total. The summed E-state index contributed by atoms with van der Waals surface area (Å²) in [5.74, 6) is -0.954. The van der Waals surface area contributed by atoms with Crippen molar-refractivity contribution in [2.24, 2.45) is 0 Å². The number of aliphatic hydroxyl groups is 1. The Kier molecular flexibility index (Phi) is 7.23. The van der Waals surface area contributed by atoms with Gasteiger partial charge in [-0.25, -0.2) is 4.39 Å². The molecule has 1 saturated heterocycles. The lowest BCUT2D eigenvalue weighted by molar-refractivity contribution is -0.122. The van der Waals surface area contributed by atoms with Gasteiger partial charge in [0.15, 0.2) is 5.82 Å². The maximum Gasteiger partial charge on any atom is 0.253 e. The van der Waals surface area contributed by atoms with Crippen LogP contribution >= 0.6 is 11.6 Å². The fourth-order valence-corrected chi connectivity index (χ4v) is 4.65. The van der Waals surface area contributed by atoms with Gasteiger partial charge in [-0.15, -0.1) is 5.10 Å². The van der Waals surface area contributed by atoms with Crippen LogP contribution in [0.4, 0.5) is 15.9 Å². The molecule has 0 radical (unpaired) electrons. The predicted octanol–water partition coefficient (Wildman–Crippen LogP) is 3.64. The van der Waals surface area contributed by atoms with E-state index in [1.807, 2.05) is 29.2 Å². The summed E-state index contributed by atoms with van der Waals surface area (Å²) in [6, 6.07) is 11.7. The van der Waals surface area contributed by atoms with E-state index in [0.29, 0.717) is 11.4 Å². The monoisotopic (exact) mass is 511 g/mol. The van der Waals surface area contributed by atoms with Crippen LogP contribution in [0.2, 0.25) is 5.02 Å². The van der Waals surface area contributed by atoms with Gasteiger partial charge in [-0.3, -0.25) is 9.59 Å². The van der Waals surface area contributed by atoms with Crippen molar-refractivity contribution in [2.75, 3.05) is 30.4 Å². The highest BCUT2D eigenvalue weighted by atomic mass is 35.5. The van der Waals surface area contributed by atoms with Gasteiger partial charge in [0.2, 0.25) is 5.91 Å². The number of benzene rings is 2. The number of aliphatic hydroxyl groups excluding tert-OH is 1. The van der Waals surface area contributed by atoms with E-state index in [1.165, 1.54) is 19.3 Å². The minimum Gasteiger partial charge on any atom is -0.392 e. The average molecular weight is 512 g/mol. The first-order chi connectivity index (χ1) is 17.2. The molecular weight excluding hydrogens is 485 g/mol. The van der Waals surface area contributed by atoms with Crippen LogP contribution in [0, 0.1) is 5.82 Å². The minimum atomic E-state index is -1.01. The predicted molar refractivity (Wildman–Crippen MR) is 136 cm³/mol. The van der Waals surface area contributed by atoms with Crippen LogP contribution in [0.5, 0.6) is 0 Å². The summed E-state index contributed by atoms with van der Waals surface area (Å²) in [5, 5.41) is 22.6. The van der Waals surface area contributed by atoms with E-state index in [4.69, 9.17) is 11.6 Å². The van der Waals surface area contributed by atoms with E-state index in [9.17, 15) is 19.1 Å². The Morgan fingerprint density at radius 3 is 2.61 bits per heavy atom. The van der Waals surface area contributed by atoms with E-state index in [2.05, 4.69) is 34.7 Å².